The number of aliphatic hydroxyl groups is 1. The van der Waals surface area contributed by atoms with Crippen LogP contribution in [0.25, 0.3) is 0 Å². The van der Waals surface area contributed by atoms with E-state index >= 15 is 0 Å². The molecule has 0 atom stereocenters. The topological polar surface area (TPSA) is 84.7 Å². The van der Waals surface area contributed by atoms with Crippen molar-refractivity contribution < 1.29 is 14.6 Å². The Labute approximate surface area is 105 Å². The van der Waals surface area contributed by atoms with E-state index in [0.717, 1.165) is 4.68 Å². The van der Waals surface area contributed by atoms with Gasteiger partial charge in [0.2, 0.25) is 0 Å². The zero-order valence-electron chi connectivity index (χ0n) is 10.5. The molecule has 0 spiro atoms. The fourth-order valence-corrected chi connectivity index (χ4v) is 1.42. The van der Waals surface area contributed by atoms with Gasteiger partial charge in [-0.25, -0.2) is 4.68 Å². The summed E-state index contributed by atoms with van der Waals surface area (Å²) >= 11 is 0. The van der Waals surface area contributed by atoms with E-state index in [1.165, 1.54) is 31.2 Å². The van der Waals surface area contributed by atoms with Crippen LogP contribution in [-0.2, 0) is 11.8 Å². The number of aryl methyl sites for hydroxylation is 1. The first-order chi connectivity index (χ1) is 8.60. The van der Waals surface area contributed by atoms with Crippen molar-refractivity contribution in [3.05, 3.63) is 28.2 Å². The van der Waals surface area contributed by atoms with Crippen molar-refractivity contribution >= 4 is 5.91 Å². The molecule has 0 aliphatic heterocycles. The molecule has 1 amide bonds. The SMILES string of the molecule is COCCN(CCO)C(=O)c1ccc(=O)n(C)n1. The van der Waals surface area contributed by atoms with Crippen LogP contribution in [0.3, 0.4) is 0 Å². The van der Waals surface area contributed by atoms with E-state index in [-0.39, 0.29) is 30.3 Å². The van der Waals surface area contributed by atoms with Crippen molar-refractivity contribution in [3.63, 3.8) is 0 Å². The third-order valence-corrected chi connectivity index (χ3v) is 2.40. The molecule has 0 saturated carbocycles. The zero-order chi connectivity index (χ0) is 13.5. The number of aromatic nitrogens is 2. The lowest BCUT2D eigenvalue weighted by atomic mass is 10.3. The van der Waals surface area contributed by atoms with Crippen LogP contribution in [-0.4, -0.2) is 59.1 Å². The number of aliphatic hydroxyl groups excluding tert-OH is 1. The third kappa shape index (κ3) is 3.64. The van der Waals surface area contributed by atoms with Gasteiger partial charge in [0.05, 0.1) is 13.2 Å². The summed E-state index contributed by atoms with van der Waals surface area (Å²) in [6.45, 7) is 0.797. The van der Waals surface area contributed by atoms with Gasteiger partial charge in [-0.05, 0) is 6.07 Å². The first-order valence-electron chi connectivity index (χ1n) is 5.53. The molecular formula is C11H17N3O4. The Kier molecular flexibility index (Phi) is 5.47. The first-order valence-corrected chi connectivity index (χ1v) is 5.53. The van der Waals surface area contributed by atoms with E-state index < -0.39 is 0 Å². The Balaban J connectivity index is 2.86. The Morgan fingerprint density at radius 1 is 1.50 bits per heavy atom. The lowest BCUT2D eigenvalue weighted by Gasteiger charge is -2.20. The van der Waals surface area contributed by atoms with Crippen LogP contribution in [0, 0.1) is 0 Å². The number of hydrogen-bond donors (Lipinski definition) is 1. The fraction of sp³-hybridized carbons (Fsp3) is 0.545. The number of amides is 1. The number of carbonyl (C=O) groups is 1. The molecule has 0 aliphatic rings. The first kappa shape index (κ1) is 14.3. The fourth-order valence-electron chi connectivity index (χ4n) is 1.42. The van der Waals surface area contributed by atoms with Crippen molar-refractivity contribution in [2.24, 2.45) is 7.05 Å². The van der Waals surface area contributed by atoms with E-state index in [9.17, 15) is 9.59 Å². The zero-order valence-corrected chi connectivity index (χ0v) is 10.5. The number of carbonyl (C=O) groups excluding carboxylic acids is 1. The van der Waals surface area contributed by atoms with Crippen LogP contribution in [0.4, 0.5) is 0 Å². The molecule has 1 aromatic heterocycles. The molecule has 0 aromatic carbocycles. The van der Waals surface area contributed by atoms with Crippen molar-refractivity contribution in [1.29, 1.82) is 0 Å². The second-order valence-electron chi connectivity index (χ2n) is 3.69. The lowest BCUT2D eigenvalue weighted by Crippen LogP contribution is -2.37. The van der Waals surface area contributed by atoms with Gasteiger partial charge in [0.25, 0.3) is 11.5 Å². The van der Waals surface area contributed by atoms with Crippen molar-refractivity contribution in [2.45, 2.75) is 0 Å². The van der Waals surface area contributed by atoms with Crippen molar-refractivity contribution in [1.82, 2.24) is 14.7 Å². The molecule has 1 rings (SSSR count). The molecule has 0 saturated heterocycles. The molecule has 0 unspecified atom stereocenters. The predicted molar refractivity (Wildman–Crippen MR) is 64.3 cm³/mol. The van der Waals surface area contributed by atoms with Crippen LogP contribution in [0.2, 0.25) is 0 Å². The average Bonchev–Trinajstić information content (AvgIpc) is 2.37. The van der Waals surface area contributed by atoms with Gasteiger partial charge in [0.15, 0.2) is 0 Å². The summed E-state index contributed by atoms with van der Waals surface area (Å²) in [5.41, 5.74) is -0.112. The van der Waals surface area contributed by atoms with Gasteiger partial charge in [0.1, 0.15) is 5.69 Å². The maximum Gasteiger partial charge on any atom is 0.274 e. The van der Waals surface area contributed by atoms with Gasteiger partial charge in [0, 0.05) is 33.3 Å². The number of rotatable bonds is 6. The lowest BCUT2D eigenvalue weighted by molar-refractivity contribution is 0.0648. The molecule has 7 nitrogen and oxygen atoms in total. The molecular weight excluding hydrogens is 238 g/mol. The van der Waals surface area contributed by atoms with Gasteiger partial charge in [-0.2, -0.15) is 5.10 Å². The van der Waals surface area contributed by atoms with Crippen LogP contribution in [0.5, 0.6) is 0 Å². The average molecular weight is 255 g/mol. The van der Waals surface area contributed by atoms with Crippen LogP contribution < -0.4 is 5.56 Å². The van der Waals surface area contributed by atoms with E-state index in [0.29, 0.717) is 13.2 Å². The standard InChI is InChI=1S/C11H17N3O4/c1-13-10(16)4-3-9(12-13)11(17)14(5-7-15)6-8-18-2/h3-4,15H,5-8H2,1-2H3. The van der Waals surface area contributed by atoms with E-state index in [4.69, 9.17) is 9.84 Å². The molecule has 0 fully saturated rings. The summed E-state index contributed by atoms with van der Waals surface area (Å²) in [4.78, 5) is 24.7. The summed E-state index contributed by atoms with van der Waals surface area (Å²) in [6, 6.07) is 2.66. The normalized spacial score (nSPS) is 10.4. The van der Waals surface area contributed by atoms with E-state index in [2.05, 4.69) is 5.10 Å². The van der Waals surface area contributed by atoms with Gasteiger partial charge in [-0.1, -0.05) is 0 Å². The Morgan fingerprint density at radius 3 is 2.78 bits per heavy atom. The summed E-state index contributed by atoms with van der Waals surface area (Å²) < 4.78 is 5.99. The molecule has 7 heteroatoms. The van der Waals surface area contributed by atoms with E-state index in [1.54, 1.807) is 0 Å². The molecule has 0 aliphatic carbocycles. The number of nitrogens with zero attached hydrogens (tertiary/aromatic N) is 3. The van der Waals surface area contributed by atoms with E-state index in [1.807, 2.05) is 0 Å². The van der Waals surface area contributed by atoms with Gasteiger partial charge in [-0.15, -0.1) is 0 Å². The van der Waals surface area contributed by atoms with Crippen LogP contribution in [0.1, 0.15) is 10.5 Å². The monoisotopic (exact) mass is 255 g/mol. The molecule has 0 bridgehead atoms. The minimum Gasteiger partial charge on any atom is -0.395 e. The molecule has 1 N–H and O–H groups in total. The van der Waals surface area contributed by atoms with Gasteiger partial charge in [-0.3, -0.25) is 9.59 Å². The highest BCUT2D eigenvalue weighted by atomic mass is 16.5. The molecule has 18 heavy (non-hydrogen) atoms. The van der Waals surface area contributed by atoms with Crippen LogP contribution >= 0.6 is 0 Å². The second kappa shape index (κ2) is 6.87. The highest BCUT2D eigenvalue weighted by Gasteiger charge is 2.16. The largest absolute Gasteiger partial charge is 0.395 e. The summed E-state index contributed by atoms with van der Waals surface area (Å²) in [6.07, 6.45) is 0. The highest BCUT2D eigenvalue weighted by molar-refractivity contribution is 5.92. The van der Waals surface area contributed by atoms with Gasteiger partial charge < -0.3 is 14.7 Å². The van der Waals surface area contributed by atoms with Crippen LogP contribution in [0.15, 0.2) is 16.9 Å². The molecule has 1 aromatic rings. The number of methoxy groups -OCH3 is 1. The minimum absolute atomic E-state index is 0.138. The third-order valence-electron chi connectivity index (χ3n) is 2.40. The Bertz CT molecular complexity index is 458. The molecule has 1 heterocycles. The van der Waals surface area contributed by atoms with Crippen molar-refractivity contribution in [2.75, 3.05) is 33.4 Å². The predicted octanol–water partition coefficient (Wildman–Crippen LogP) is -1.14. The minimum atomic E-state index is -0.336. The van der Waals surface area contributed by atoms with Crippen molar-refractivity contribution in [3.8, 4) is 0 Å². The quantitative estimate of drug-likeness (QED) is 0.694. The van der Waals surface area contributed by atoms with Gasteiger partial charge >= 0.3 is 0 Å². The summed E-state index contributed by atoms with van der Waals surface area (Å²) in [7, 11) is 3.01. The number of ether oxygens (including phenoxy) is 1. The number of hydrogen-bond acceptors (Lipinski definition) is 5. The summed E-state index contributed by atoms with van der Waals surface area (Å²) in [5, 5.41) is 12.8. The smallest absolute Gasteiger partial charge is 0.274 e. The maximum atomic E-state index is 12.1. The second-order valence-corrected chi connectivity index (χ2v) is 3.69. The molecule has 0 radical (unpaired) electrons. The maximum absolute atomic E-state index is 12.1. The molecule has 100 valence electrons. The highest BCUT2D eigenvalue weighted by Crippen LogP contribution is 1.99. The Hall–Kier alpha value is -1.73. The Morgan fingerprint density at radius 2 is 2.22 bits per heavy atom. The summed E-state index contributed by atoms with van der Waals surface area (Å²) in [5.74, 6) is -0.336.